The Bertz CT molecular complexity index is 753. The first kappa shape index (κ1) is 19.1. The van der Waals surface area contributed by atoms with E-state index in [4.69, 9.17) is 0 Å². The van der Waals surface area contributed by atoms with Gasteiger partial charge in [0, 0.05) is 45.5 Å². The van der Waals surface area contributed by atoms with Crippen LogP contribution in [0.2, 0.25) is 0 Å². The molecule has 1 aromatic heterocycles. The third kappa shape index (κ3) is 4.76. The molecule has 1 aromatic carbocycles. The van der Waals surface area contributed by atoms with Gasteiger partial charge in [0.1, 0.15) is 0 Å². The van der Waals surface area contributed by atoms with Gasteiger partial charge in [-0.15, -0.1) is 10.2 Å². The second-order valence-corrected chi connectivity index (χ2v) is 7.17. The van der Waals surface area contributed by atoms with Crippen LogP contribution in [-0.4, -0.2) is 60.8 Å². The van der Waals surface area contributed by atoms with E-state index >= 15 is 0 Å². The summed E-state index contributed by atoms with van der Waals surface area (Å²) >= 11 is 0. The molecule has 2 heterocycles. The Morgan fingerprint density at radius 3 is 2.52 bits per heavy atom. The molecule has 0 unspecified atom stereocenters. The van der Waals surface area contributed by atoms with Crippen LogP contribution in [-0.2, 0) is 0 Å². The van der Waals surface area contributed by atoms with E-state index in [9.17, 15) is 4.79 Å². The fraction of sp³-hybridized carbons (Fsp3) is 0.476. The van der Waals surface area contributed by atoms with E-state index < -0.39 is 0 Å². The average Bonchev–Trinajstić information content (AvgIpc) is 2.71. The summed E-state index contributed by atoms with van der Waals surface area (Å²) < 4.78 is 0. The van der Waals surface area contributed by atoms with Gasteiger partial charge in [-0.3, -0.25) is 4.79 Å². The van der Waals surface area contributed by atoms with Crippen molar-refractivity contribution in [2.24, 2.45) is 0 Å². The summed E-state index contributed by atoms with van der Waals surface area (Å²) in [7, 11) is 2.01. The lowest BCUT2D eigenvalue weighted by atomic mass is 10.2. The molecular formula is C21H29N5O. The Morgan fingerprint density at radius 2 is 1.89 bits per heavy atom. The number of unbranched alkanes of at least 4 members (excludes halogenated alkanes) is 1. The third-order valence-corrected chi connectivity index (χ3v) is 5.04. The number of benzene rings is 1. The summed E-state index contributed by atoms with van der Waals surface area (Å²) in [6.07, 6.45) is 2.26. The van der Waals surface area contributed by atoms with Crippen LogP contribution in [0.4, 0.5) is 11.5 Å². The maximum Gasteiger partial charge on any atom is 0.274 e. The zero-order valence-corrected chi connectivity index (χ0v) is 16.6. The van der Waals surface area contributed by atoms with E-state index in [1.54, 1.807) is 6.07 Å². The van der Waals surface area contributed by atoms with E-state index in [2.05, 4.69) is 58.1 Å². The molecule has 1 amide bonds. The van der Waals surface area contributed by atoms with Crippen LogP contribution in [0, 0.1) is 6.92 Å². The van der Waals surface area contributed by atoms with Crippen molar-refractivity contribution < 1.29 is 4.79 Å². The number of hydrogen-bond acceptors (Lipinski definition) is 5. The van der Waals surface area contributed by atoms with Crippen molar-refractivity contribution in [2.45, 2.75) is 26.7 Å². The van der Waals surface area contributed by atoms with Gasteiger partial charge in [0.05, 0.1) is 0 Å². The van der Waals surface area contributed by atoms with Crippen LogP contribution in [0.15, 0.2) is 36.4 Å². The third-order valence-electron chi connectivity index (χ3n) is 5.04. The van der Waals surface area contributed by atoms with Crippen LogP contribution in [0.25, 0.3) is 0 Å². The highest BCUT2D eigenvalue weighted by Crippen LogP contribution is 2.18. The molecule has 1 aliphatic rings. The molecule has 0 spiro atoms. The molecule has 0 radical (unpaired) electrons. The van der Waals surface area contributed by atoms with Gasteiger partial charge in [-0.25, -0.2) is 0 Å². The molecule has 27 heavy (non-hydrogen) atoms. The number of aryl methyl sites for hydroxylation is 1. The molecule has 0 aliphatic carbocycles. The monoisotopic (exact) mass is 367 g/mol. The number of aromatic nitrogens is 2. The molecule has 144 valence electrons. The quantitative estimate of drug-likeness (QED) is 0.786. The summed E-state index contributed by atoms with van der Waals surface area (Å²) in [6, 6.07) is 12.2. The largest absolute Gasteiger partial charge is 0.368 e. The number of piperazine rings is 1. The minimum Gasteiger partial charge on any atom is -0.368 e. The van der Waals surface area contributed by atoms with Gasteiger partial charge >= 0.3 is 0 Å². The van der Waals surface area contributed by atoms with Gasteiger partial charge in [-0.2, -0.15) is 0 Å². The van der Waals surface area contributed by atoms with Crippen molar-refractivity contribution in [3.63, 3.8) is 0 Å². The van der Waals surface area contributed by atoms with Crippen molar-refractivity contribution >= 4 is 17.4 Å². The van der Waals surface area contributed by atoms with Crippen molar-refractivity contribution in [3.05, 3.63) is 47.7 Å². The van der Waals surface area contributed by atoms with Gasteiger partial charge in [-0.1, -0.05) is 25.5 Å². The molecule has 1 saturated heterocycles. The lowest BCUT2D eigenvalue weighted by molar-refractivity contribution is 0.0739. The van der Waals surface area contributed by atoms with Crippen molar-refractivity contribution in [2.75, 3.05) is 49.6 Å². The molecule has 0 bridgehead atoms. The van der Waals surface area contributed by atoms with E-state index in [-0.39, 0.29) is 5.91 Å². The molecule has 0 atom stereocenters. The lowest BCUT2D eigenvalue weighted by Gasteiger charge is -2.36. The highest BCUT2D eigenvalue weighted by atomic mass is 16.2. The number of nitrogens with zero attached hydrogens (tertiary/aromatic N) is 5. The van der Waals surface area contributed by atoms with Gasteiger partial charge in [0.25, 0.3) is 5.91 Å². The molecular weight excluding hydrogens is 338 g/mol. The second-order valence-electron chi connectivity index (χ2n) is 7.17. The van der Waals surface area contributed by atoms with Crippen LogP contribution in [0.3, 0.4) is 0 Å². The minimum atomic E-state index is -0.0332. The van der Waals surface area contributed by atoms with Crippen molar-refractivity contribution in [3.8, 4) is 0 Å². The maximum atomic E-state index is 12.7. The summed E-state index contributed by atoms with van der Waals surface area (Å²) in [5.74, 6) is 0.776. The number of rotatable bonds is 6. The maximum absolute atomic E-state index is 12.7. The Morgan fingerprint density at radius 1 is 1.11 bits per heavy atom. The van der Waals surface area contributed by atoms with Crippen molar-refractivity contribution in [1.29, 1.82) is 0 Å². The SMILES string of the molecule is CCCCN(C)c1ccc(C(=O)N2CCN(c3cccc(C)c3)CC2)nn1. The molecule has 2 aromatic rings. The standard InChI is InChI=1S/C21H29N5O/c1-4-5-11-24(3)20-10-9-19(22-23-20)21(27)26-14-12-25(13-15-26)18-8-6-7-17(2)16-18/h6-10,16H,4-5,11-15H2,1-3H3. The van der Waals surface area contributed by atoms with Gasteiger partial charge in [0.15, 0.2) is 11.5 Å². The van der Waals surface area contributed by atoms with Gasteiger partial charge in [-0.05, 0) is 43.2 Å². The summed E-state index contributed by atoms with van der Waals surface area (Å²) in [6.45, 7) is 8.28. The van der Waals surface area contributed by atoms with Crippen LogP contribution in [0.1, 0.15) is 35.8 Å². The number of carbonyl (C=O) groups excluding carboxylic acids is 1. The molecule has 3 rings (SSSR count). The Kier molecular flexibility index (Phi) is 6.27. The smallest absolute Gasteiger partial charge is 0.274 e. The number of hydrogen-bond donors (Lipinski definition) is 0. The second kappa shape index (κ2) is 8.84. The lowest BCUT2D eigenvalue weighted by Crippen LogP contribution is -2.49. The topological polar surface area (TPSA) is 52.6 Å². The predicted molar refractivity (Wildman–Crippen MR) is 110 cm³/mol. The van der Waals surface area contributed by atoms with Crippen LogP contribution >= 0.6 is 0 Å². The molecule has 6 nitrogen and oxygen atoms in total. The molecule has 0 N–H and O–H groups in total. The molecule has 0 saturated carbocycles. The fourth-order valence-corrected chi connectivity index (χ4v) is 3.31. The zero-order chi connectivity index (χ0) is 19.2. The first-order chi connectivity index (χ1) is 13.1. The highest BCUT2D eigenvalue weighted by Gasteiger charge is 2.23. The van der Waals surface area contributed by atoms with E-state index in [0.29, 0.717) is 18.8 Å². The predicted octanol–water partition coefficient (Wildman–Crippen LogP) is 2.98. The van der Waals surface area contributed by atoms with Gasteiger partial charge < -0.3 is 14.7 Å². The van der Waals surface area contributed by atoms with E-state index in [0.717, 1.165) is 38.3 Å². The fourth-order valence-electron chi connectivity index (χ4n) is 3.31. The van der Waals surface area contributed by atoms with Gasteiger partial charge in [0.2, 0.25) is 0 Å². The molecule has 6 heteroatoms. The summed E-state index contributed by atoms with van der Waals surface area (Å²) in [4.78, 5) is 19.0. The number of amides is 1. The zero-order valence-electron chi connectivity index (χ0n) is 16.6. The summed E-state index contributed by atoms with van der Waals surface area (Å²) in [5.41, 5.74) is 2.90. The van der Waals surface area contributed by atoms with Crippen molar-refractivity contribution in [1.82, 2.24) is 15.1 Å². The van der Waals surface area contributed by atoms with Crippen LogP contribution in [0.5, 0.6) is 0 Å². The molecule has 1 fully saturated rings. The number of anilines is 2. The minimum absolute atomic E-state index is 0.0332. The Hall–Kier alpha value is -2.63. The number of carbonyl (C=O) groups is 1. The van der Waals surface area contributed by atoms with E-state index in [1.165, 1.54) is 11.3 Å². The first-order valence-electron chi connectivity index (χ1n) is 9.74. The van der Waals surface area contributed by atoms with E-state index in [1.807, 2.05) is 18.0 Å². The Labute approximate surface area is 161 Å². The highest BCUT2D eigenvalue weighted by molar-refractivity contribution is 5.92. The first-order valence-corrected chi connectivity index (χ1v) is 9.74. The Balaban J connectivity index is 1.57. The van der Waals surface area contributed by atoms with Crippen LogP contribution < -0.4 is 9.80 Å². The summed E-state index contributed by atoms with van der Waals surface area (Å²) in [5, 5.41) is 8.41. The normalized spacial score (nSPS) is 14.3. The average molecular weight is 367 g/mol. The molecule has 1 aliphatic heterocycles.